The molecule has 0 bridgehead atoms. The van der Waals surface area contributed by atoms with Gasteiger partial charge in [0.2, 0.25) is 0 Å². The zero-order valence-electron chi connectivity index (χ0n) is 14.0. The summed E-state index contributed by atoms with van der Waals surface area (Å²) in [5.74, 6) is 1.38. The van der Waals surface area contributed by atoms with Crippen molar-refractivity contribution in [3.8, 4) is 11.5 Å². The first-order valence-corrected chi connectivity index (χ1v) is 9.87. The van der Waals surface area contributed by atoms with Crippen LogP contribution in [0.4, 0.5) is 0 Å². The average Bonchev–Trinajstić information content (AvgIpc) is 3.39. The highest BCUT2D eigenvalue weighted by Gasteiger charge is 2.21. The molecule has 1 saturated carbocycles. The van der Waals surface area contributed by atoms with Crippen molar-refractivity contribution >= 4 is 39.1 Å². The summed E-state index contributed by atoms with van der Waals surface area (Å²) in [6, 6.07) is 10.2. The van der Waals surface area contributed by atoms with Crippen molar-refractivity contribution in [3.63, 3.8) is 0 Å². The molecule has 2 aromatic carbocycles. The molecular formula is C19H20BrCl2NO2. The summed E-state index contributed by atoms with van der Waals surface area (Å²) in [6.07, 6.45) is 2.53. The molecule has 1 fully saturated rings. The smallest absolute Gasteiger partial charge is 0.175 e. The molecule has 0 aromatic heterocycles. The van der Waals surface area contributed by atoms with Gasteiger partial charge < -0.3 is 14.8 Å². The largest absolute Gasteiger partial charge is 0.490 e. The lowest BCUT2D eigenvalue weighted by Crippen LogP contribution is -2.15. The van der Waals surface area contributed by atoms with Gasteiger partial charge in [-0.1, -0.05) is 29.3 Å². The highest BCUT2D eigenvalue weighted by atomic mass is 79.9. The second kappa shape index (κ2) is 8.63. The van der Waals surface area contributed by atoms with E-state index in [1.165, 1.54) is 12.8 Å². The van der Waals surface area contributed by atoms with E-state index in [9.17, 15) is 0 Å². The fourth-order valence-corrected chi connectivity index (χ4v) is 3.60. The molecule has 3 rings (SSSR count). The van der Waals surface area contributed by atoms with Crippen molar-refractivity contribution in [2.45, 2.75) is 39.0 Å². The van der Waals surface area contributed by atoms with E-state index >= 15 is 0 Å². The van der Waals surface area contributed by atoms with Crippen LogP contribution in [0.5, 0.6) is 11.5 Å². The van der Waals surface area contributed by atoms with Crippen molar-refractivity contribution < 1.29 is 9.47 Å². The fourth-order valence-electron chi connectivity index (χ4n) is 2.49. The Morgan fingerprint density at radius 1 is 1.16 bits per heavy atom. The van der Waals surface area contributed by atoms with Gasteiger partial charge in [0, 0.05) is 28.2 Å². The zero-order chi connectivity index (χ0) is 17.8. The third-order valence-corrected chi connectivity index (χ3v) is 5.26. The van der Waals surface area contributed by atoms with Gasteiger partial charge in [0.25, 0.3) is 0 Å². The van der Waals surface area contributed by atoms with Crippen molar-refractivity contribution in [2.75, 3.05) is 6.61 Å². The second-order valence-corrected chi connectivity index (χ2v) is 7.65. The molecule has 0 atom stereocenters. The fraction of sp³-hybridized carbons (Fsp3) is 0.368. The van der Waals surface area contributed by atoms with E-state index in [1.54, 1.807) is 12.1 Å². The maximum atomic E-state index is 6.22. The SMILES string of the molecule is CCOc1cc(CNC2CC2)cc(Br)c1OCc1c(Cl)cccc1Cl. The van der Waals surface area contributed by atoms with Crippen molar-refractivity contribution in [1.29, 1.82) is 0 Å². The minimum atomic E-state index is 0.275. The monoisotopic (exact) mass is 443 g/mol. The van der Waals surface area contributed by atoms with Gasteiger partial charge in [-0.3, -0.25) is 0 Å². The minimum Gasteiger partial charge on any atom is -0.490 e. The van der Waals surface area contributed by atoms with Gasteiger partial charge in [-0.05, 0) is 65.5 Å². The van der Waals surface area contributed by atoms with Crippen LogP contribution in [-0.2, 0) is 13.2 Å². The lowest BCUT2D eigenvalue weighted by Gasteiger charge is -2.16. The van der Waals surface area contributed by atoms with Gasteiger partial charge in [0.1, 0.15) is 6.61 Å². The lowest BCUT2D eigenvalue weighted by molar-refractivity contribution is 0.267. The molecule has 0 aliphatic heterocycles. The van der Waals surface area contributed by atoms with Crippen LogP contribution in [0.15, 0.2) is 34.8 Å². The van der Waals surface area contributed by atoms with Crippen LogP contribution in [0.3, 0.4) is 0 Å². The van der Waals surface area contributed by atoms with Crippen LogP contribution in [-0.4, -0.2) is 12.6 Å². The normalized spacial score (nSPS) is 13.8. The summed E-state index contributed by atoms with van der Waals surface area (Å²) in [7, 11) is 0. The molecule has 0 amide bonds. The van der Waals surface area contributed by atoms with Gasteiger partial charge in [-0.25, -0.2) is 0 Å². The lowest BCUT2D eigenvalue weighted by atomic mass is 10.2. The van der Waals surface area contributed by atoms with Crippen LogP contribution in [0, 0.1) is 0 Å². The molecule has 0 radical (unpaired) electrons. The van der Waals surface area contributed by atoms with Crippen LogP contribution in [0.25, 0.3) is 0 Å². The maximum absolute atomic E-state index is 6.22. The molecule has 0 saturated heterocycles. The third-order valence-electron chi connectivity index (χ3n) is 3.96. The molecule has 0 heterocycles. The molecular weight excluding hydrogens is 425 g/mol. The van der Waals surface area contributed by atoms with Crippen LogP contribution < -0.4 is 14.8 Å². The summed E-state index contributed by atoms with van der Waals surface area (Å²) < 4.78 is 12.6. The minimum absolute atomic E-state index is 0.275. The summed E-state index contributed by atoms with van der Waals surface area (Å²) in [6.45, 7) is 3.61. The third kappa shape index (κ3) is 5.04. The number of hydrogen-bond donors (Lipinski definition) is 1. The number of halogens is 3. The Morgan fingerprint density at radius 2 is 1.88 bits per heavy atom. The Hall–Kier alpha value is -0.940. The summed E-state index contributed by atoms with van der Waals surface area (Å²) >= 11 is 16.0. The Kier molecular flexibility index (Phi) is 6.50. The van der Waals surface area contributed by atoms with Gasteiger partial charge in [-0.2, -0.15) is 0 Å². The predicted molar refractivity (Wildman–Crippen MR) is 106 cm³/mol. The Bertz CT molecular complexity index is 730. The summed E-state index contributed by atoms with van der Waals surface area (Å²) in [5.41, 5.74) is 1.92. The van der Waals surface area contributed by atoms with Gasteiger partial charge in [-0.15, -0.1) is 0 Å². The van der Waals surface area contributed by atoms with Crippen molar-refractivity contribution in [1.82, 2.24) is 5.32 Å². The van der Waals surface area contributed by atoms with Gasteiger partial charge >= 0.3 is 0 Å². The van der Waals surface area contributed by atoms with E-state index in [4.69, 9.17) is 32.7 Å². The van der Waals surface area contributed by atoms with Crippen LogP contribution >= 0.6 is 39.1 Å². The van der Waals surface area contributed by atoms with Crippen LogP contribution in [0.1, 0.15) is 30.9 Å². The van der Waals surface area contributed by atoms with E-state index in [0.29, 0.717) is 34.2 Å². The number of rotatable bonds is 8. The first kappa shape index (κ1) is 18.8. The molecule has 2 aromatic rings. The summed E-state index contributed by atoms with van der Waals surface area (Å²) in [5, 5.41) is 4.69. The van der Waals surface area contributed by atoms with Crippen molar-refractivity contribution in [2.24, 2.45) is 0 Å². The van der Waals surface area contributed by atoms with Crippen molar-refractivity contribution in [3.05, 3.63) is 56.0 Å². The molecule has 1 N–H and O–H groups in total. The molecule has 1 aliphatic rings. The van der Waals surface area contributed by atoms with E-state index in [0.717, 1.165) is 22.1 Å². The standard InChI is InChI=1S/C19H20BrCl2NO2/c1-2-24-18-9-12(10-23-13-6-7-13)8-15(20)19(18)25-11-14-16(21)4-3-5-17(14)22/h3-5,8-9,13,23H,2,6-7,10-11H2,1H3. The topological polar surface area (TPSA) is 30.5 Å². The Morgan fingerprint density at radius 3 is 2.52 bits per heavy atom. The number of ether oxygens (including phenoxy) is 2. The molecule has 25 heavy (non-hydrogen) atoms. The second-order valence-electron chi connectivity index (χ2n) is 5.98. The Balaban J connectivity index is 1.78. The van der Waals surface area contributed by atoms with E-state index < -0.39 is 0 Å². The zero-order valence-corrected chi connectivity index (χ0v) is 17.0. The predicted octanol–water partition coefficient (Wildman–Crippen LogP) is 5.99. The van der Waals surface area contributed by atoms with Gasteiger partial charge in [0.15, 0.2) is 11.5 Å². The maximum Gasteiger partial charge on any atom is 0.175 e. The summed E-state index contributed by atoms with van der Waals surface area (Å²) in [4.78, 5) is 0. The quantitative estimate of drug-likeness (QED) is 0.542. The Labute approximate surface area is 166 Å². The molecule has 134 valence electrons. The first-order chi connectivity index (χ1) is 12.1. The number of benzene rings is 2. The molecule has 0 unspecified atom stereocenters. The van der Waals surface area contributed by atoms with Crippen LogP contribution in [0.2, 0.25) is 10.0 Å². The average molecular weight is 445 g/mol. The molecule has 6 heteroatoms. The molecule has 3 nitrogen and oxygen atoms in total. The van der Waals surface area contributed by atoms with E-state index in [1.807, 2.05) is 19.1 Å². The van der Waals surface area contributed by atoms with Gasteiger partial charge in [0.05, 0.1) is 11.1 Å². The highest BCUT2D eigenvalue weighted by Crippen LogP contribution is 2.38. The number of nitrogens with one attached hydrogen (secondary N) is 1. The number of hydrogen-bond acceptors (Lipinski definition) is 3. The van der Waals surface area contributed by atoms with E-state index in [2.05, 4.69) is 27.3 Å². The molecule has 0 spiro atoms. The molecule has 1 aliphatic carbocycles. The van der Waals surface area contributed by atoms with E-state index in [-0.39, 0.29) is 6.61 Å². The highest BCUT2D eigenvalue weighted by molar-refractivity contribution is 9.10. The first-order valence-electron chi connectivity index (χ1n) is 8.32.